The van der Waals surface area contributed by atoms with Crippen LogP contribution in [0.25, 0.3) is 0 Å². The van der Waals surface area contributed by atoms with E-state index in [1.54, 1.807) is 0 Å². The maximum atomic E-state index is 12.8. The maximum absolute atomic E-state index is 12.8. The summed E-state index contributed by atoms with van der Waals surface area (Å²) in [5.41, 5.74) is 0. The first-order valence-electron chi connectivity index (χ1n) is 30.8. The van der Waals surface area contributed by atoms with Gasteiger partial charge in [0.1, 0.15) is 13.2 Å². The van der Waals surface area contributed by atoms with Crippen LogP contribution in [0.3, 0.4) is 0 Å². The van der Waals surface area contributed by atoms with Crippen molar-refractivity contribution in [3.8, 4) is 0 Å². The predicted octanol–water partition coefficient (Wildman–Crippen LogP) is 21.2. The van der Waals surface area contributed by atoms with Gasteiger partial charge >= 0.3 is 17.9 Å². The Morgan fingerprint density at radius 2 is 0.513 bits per heavy atom. The summed E-state index contributed by atoms with van der Waals surface area (Å²) in [6.45, 7) is 6.33. The topological polar surface area (TPSA) is 78.9 Å². The van der Waals surface area contributed by atoms with Gasteiger partial charge in [-0.2, -0.15) is 0 Å². The molecule has 0 aromatic carbocycles. The molecule has 0 fully saturated rings. The molecule has 0 aliphatic carbocycles. The molecule has 0 aliphatic rings. The second kappa shape index (κ2) is 62.8. The number of allylic oxidation sites excluding steroid dienone is 24. The van der Waals surface area contributed by atoms with Gasteiger partial charge in [-0.15, -0.1) is 0 Å². The number of hydrogen-bond donors (Lipinski definition) is 0. The van der Waals surface area contributed by atoms with Crippen LogP contribution in [0.1, 0.15) is 258 Å². The Morgan fingerprint density at radius 1 is 0.276 bits per heavy atom. The van der Waals surface area contributed by atoms with Crippen molar-refractivity contribution in [2.45, 2.75) is 264 Å². The van der Waals surface area contributed by atoms with E-state index in [2.05, 4.69) is 167 Å². The van der Waals surface area contributed by atoms with Crippen LogP contribution < -0.4 is 0 Å². The molecule has 0 aromatic heterocycles. The van der Waals surface area contributed by atoms with Crippen LogP contribution in [0.4, 0.5) is 0 Å². The Balaban J connectivity index is 4.16. The highest BCUT2D eigenvalue weighted by Crippen LogP contribution is 2.14. The molecule has 0 amide bonds. The first-order valence-corrected chi connectivity index (χ1v) is 30.8. The number of hydrogen-bond acceptors (Lipinski definition) is 6. The molecule has 6 heteroatoms. The monoisotopic (exact) mass is 1050 g/mol. The van der Waals surface area contributed by atoms with Crippen LogP contribution in [-0.4, -0.2) is 37.2 Å². The maximum Gasteiger partial charge on any atom is 0.306 e. The predicted molar refractivity (Wildman–Crippen MR) is 329 cm³/mol. The second-order valence-electron chi connectivity index (χ2n) is 19.9. The van der Waals surface area contributed by atoms with E-state index >= 15 is 0 Å². The lowest BCUT2D eigenvalue weighted by Crippen LogP contribution is -2.30. The van der Waals surface area contributed by atoms with Crippen molar-refractivity contribution in [2.75, 3.05) is 13.2 Å². The highest BCUT2D eigenvalue weighted by Gasteiger charge is 2.19. The molecule has 1 unspecified atom stereocenters. The lowest BCUT2D eigenvalue weighted by molar-refractivity contribution is -0.167. The number of rotatable bonds is 54. The normalized spacial score (nSPS) is 13.1. The zero-order valence-corrected chi connectivity index (χ0v) is 49.0. The number of esters is 3. The van der Waals surface area contributed by atoms with Crippen LogP contribution in [0.15, 0.2) is 146 Å². The standard InChI is InChI=1S/C70H112O6/c1-4-7-10-13-16-19-21-23-25-26-27-28-29-30-31-32-33-34-35-36-37-38-39-40-41-42-43-44-46-47-49-51-54-57-60-63-69(72)75-66-67(65-74-68(71)62-59-56-53-18-15-12-9-6-3)76-70(73)64-61-58-55-52-50-48-45-24-22-20-17-14-11-8-5-2/h7-8,10-11,16-17,19-20,23-25,27-28,30-31,33-34,36-37,39-40,45,50,52,67H,4-6,9,12-15,18,21-22,26,29,32,35,38,41-44,46-49,51,53-66H2,1-3H3/b10-7-,11-8-,19-16-,20-17-,25-23-,28-27-,31-30-,34-33-,37-36-,40-39-,45-24-,52-50-. The molecule has 0 aromatic rings. The van der Waals surface area contributed by atoms with Crippen molar-refractivity contribution in [3.05, 3.63) is 146 Å². The minimum Gasteiger partial charge on any atom is -0.462 e. The van der Waals surface area contributed by atoms with E-state index in [0.29, 0.717) is 19.3 Å². The summed E-state index contributed by atoms with van der Waals surface area (Å²) < 4.78 is 16.8. The van der Waals surface area contributed by atoms with Gasteiger partial charge in [0, 0.05) is 19.3 Å². The Bertz CT molecular complexity index is 1680. The van der Waals surface area contributed by atoms with Crippen LogP contribution in [-0.2, 0) is 28.6 Å². The molecule has 0 bridgehead atoms. The largest absolute Gasteiger partial charge is 0.462 e. The van der Waals surface area contributed by atoms with Crippen molar-refractivity contribution >= 4 is 17.9 Å². The van der Waals surface area contributed by atoms with E-state index < -0.39 is 6.10 Å². The van der Waals surface area contributed by atoms with Gasteiger partial charge < -0.3 is 14.2 Å². The van der Waals surface area contributed by atoms with E-state index in [9.17, 15) is 14.4 Å². The zero-order chi connectivity index (χ0) is 55.0. The third-order valence-electron chi connectivity index (χ3n) is 12.6. The zero-order valence-electron chi connectivity index (χ0n) is 49.0. The fourth-order valence-corrected chi connectivity index (χ4v) is 8.04. The molecule has 0 spiro atoms. The SMILES string of the molecule is CC/C=C\C/C=C\C/C=C\C/C=C\C/C=C\C/C=C\C/C=C\C/C=C\CCCCCCCCCCCCC(=O)OCC(COC(=O)CCCCCCCCCC)OC(=O)CCCC/C=C\C/C=C\C/C=C\C/C=C\CC. The molecule has 428 valence electrons. The third-order valence-corrected chi connectivity index (χ3v) is 12.6. The molecule has 76 heavy (non-hydrogen) atoms. The molecule has 0 N–H and O–H groups in total. The quantitative estimate of drug-likeness (QED) is 0.0261. The van der Waals surface area contributed by atoms with E-state index in [1.165, 1.54) is 77.0 Å². The molecule has 0 saturated heterocycles. The second-order valence-corrected chi connectivity index (χ2v) is 19.9. The van der Waals surface area contributed by atoms with Crippen LogP contribution in [0.5, 0.6) is 0 Å². The van der Waals surface area contributed by atoms with Gasteiger partial charge in [0.05, 0.1) is 0 Å². The Kier molecular flexibility index (Phi) is 58.9. The lowest BCUT2D eigenvalue weighted by atomic mass is 10.1. The van der Waals surface area contributed by atoms with Crippen LogP contribution in [0, 0.1) is 0 Å². The molecular weight excluding hydrogens is 937 g/mol. The number of ether oxygens (including phenoxy) is 3. The number of unbranched alkanes of at least 4 members (excludes halogenated alkanes) is 19. The molecule has 1 atom stereocenters. The minimum atomic E-state index is -0.803. The highest BCUT2D eigenvalue weighted by molar-refractivity contribution is 5.71. The lowest BCUT2D eigenvalue weighted by Gasteiger charge is -2.18. The van der Waals surface area contributed by atoms with E-state index in [-0.39, 0.29) is 37.5 Å². The summed E-state index contributed by atoms with van der Waals surface area (Å²) in [5.74, 6) is -0.953. The Hall–Kier alpha value is -4.71. The molecule has 6 nitrogen and oxygen atoms in total. The first-order chi connectivity index (χ1) is 37.5. The Morgan fingerprint density at radius 3 is 0.829 bits per heavy atom. The van der Waals surface area contributed by atoms with Gasteiger partial charge in [-0.05, 0) is 122 Å². The van der Waals surface area contributed by atoms with E-state index in [1.807, 2.05) is 0 Å². The Labute approximate surface area is 467 Å². The number of carbonyl (C=O) groups excluding carboxylic acids is 3. The molecule has 0 heterocycles. The fourth-order valence-electron chi connectivity index (χ4n) is 8.04. The smallest absolute Gasteiger partial charge is 0.306 e. The van der Waals surface area contributed by atoms with Crippen LogP contribution in [0.2, 0.25) is 0 Å². The highest BCUT2D eigenvalue weighted by atomic mass is 16.6. The average molecular weight is 1050 g/mol. The third kappa shape index (κ3) is 60.2. The van der Waals surface area contributed by atoms with Crippen molar-refractivity contribution in [3.63, 3.8) is 0 Å². The van der Waals surface area contributed by atoms with Gasteiger partial charge in [-0.3, -0.25) is 14.4 Å². The van der Waals surface area contributed by atoms with Crippen molar-refractivity contribution in [2.24, 2.45) is 0 Å². The minimum absolute atomic E-state index is 0.0982. The molecule has 0 saturated carbocycles. The molecular formula is C70H112O6. The summed E-state index contributed by atoms with van der Waals surface area (Å²) >= 11 is 0. The average Bonchev–Trinajstić information content (AvgIpc) is 3.42. The van der Waals surface area contributed by atoms with Gasteiger partial charge in [0.2, 0.25) is 0 Å². The summed E-state index contributed by atoms with van der Waals surface area (Å²) in [4.78, 5) is 38.0. The van der Waals surface area contributed by atoms with Crippen LogP contribution >= 0.6 is 0 Å². The van der Waals surface area contributed by atoms with E-state index in [0.717, 1.165) is 135 Å². The molecule has 0 rings (SSSR count). The van der Waals surface area contributed by atoms with Gasteiger partial charge in [0.25, 0.3) is 0 Å². The summed E-state index contributed by atoms with van der Waals surface area (Å²) in [6.07, 6.45) is 90.2. The summed E-state index contributed by atoms with van der Waals surface area (Å²) in [7, 11) is 0. The van der Waals surface area contributed by atoms with Crippen molar-refractivity contribution in [1.82, 2.24) is 0 Å². The molecule has 0 aliphatic heterocycles. The van der Waals surface area contributed by atoms with Gasteiger partial charge in [-0.25, -0.2) is 0 Å². The fraction of sp³-hybridized carbons (Fsp3) is 0.614. The molecule has 0 radical (unpaired) electrons. The van der Waals surface area contributed by atoms with E-state index in [4.69, 9.17) is 14.2 Å². The van der Waals surface area contributed by atoms with Gasteiger partial charge in [-0.1, -0.05) is 263 Å². The summed E-state index contributed by atoms with van der Waals surface area (Å²) in [6, 6.07) is 0. The first kappa shape index (κ1) is 71.3. The van der Waals surface area contributed by atoms with Gasteiger partial charge in [0.15, 0.2) is 6.10 Å². The van der Waals surface area contributed by atoms with Crippen molar-refractivity contribution in [1.29, 1.82) is 0 Å². The number of carbonyl (C=O) groups is 3. The summed E-state index contributed by atoms with van der Waals surface area (Å²) in [5, 5.41) is 0. The van der Waals surface area contributed by atoms with Crippen molar-refractivity contribution < 1.29 is 28.6 Å².